The second-order valence-corrected chi connectivity index (χ2v) is 11.9. The van der Waals surface area contributed by atoms with Gasteiger partial charge in [0.2, 0.25) is 0 Å². The molecular weight excluding hydrogens is 184 g/mol. The number of hydrogen-bond donors (Lipinski definition) is 0. The monoisotopic (exact) mass is 206 g/mol. The zero-order chi connectivity index (χ0) is 9.99. The van der Waals surface area contributed by atoms with Crippen LogP contribution in [-0.2, 0) is 0 Å². The molecule has 0 aromatic heterocycles. The van der Waals surface area contributed by atoms with Gasteiger partial charge in [0.1, 0.15) is 0 Å². The van der Waals surface area contributed by atoms with E-state index in [1.807, 2.05) is 0 Å². The van der Waals surface area contributed by atoms with Crippen LogP contribution in [-0.4, -0.2) is 7.38 Å². The molecule has 2 heteroatoms. The molecule has 12 heavy (non-hydrogen) atoms. The van der Waals surface area contributed by atoms with Gasteiger partial charge in [-0.1, -0.05) is 48.0 Å². The van der Waals surface area contributed by atoms with Crippen molar-refractivity contribution in [3.63, 3.8) is 0 Å². The minimum Gasteiger partial charge on any atom is -0.166 e. The van der Waals surface area contributed by atoms with Gasteiger partial charge in [-0.15, -0.1) is 0 Å². The van der Waals surface area contributed by atoms with Crippen LogP contribution < -0.4 is 0 Å². The van der Waals surface area contributed by atoms with Crippen LogP contribution in [0.1, 0.15) is 48.0 Å². The van der Waals surface area contributed by atoms with E-state index >= 15 is 0 Å². The summed E-state index contributed by atoms with van der Waals surface area (Å²) in [4.78, 5) is 0. The van der Waals surface area contributed by atoms with Gasteiger partial charge in [-0.3, -0.25) is 0 Å². The van der Waals surface area contributed by atoms with Crippen LogP contribution in [0.2, 0.25) is 16.6 Å². The molecule has 0 N–H and O–H groups in total. The largest absolute Gasteiger partial charge is 0.166 e. The highest BCUT2D eigenvalue weighted by Gasteiger charge is 2.44. The van der Waals surface area contributed by atoms with E-state index in [0.717, 1.165) is 0 Å². The summed E-state index contributed by atoms with van der Waals surface area (Å²) in [7, 11) is -1.56. The van der Waals surface area contributed by atoms with Crippen molar-refractivity contribution in [2.75, 3.05) is 0 Å². The molecule has 1 unspecified atom stereocenters. The standard InChI is InChI=1S/C10H23ClSi/c1-7-8-12(11,9(2)3)10(4,5)6/h9H,7-8H2,1-6H3. The van der Waals surface area contributed by atoms with Gasteiger partial charge in [0.25, 0.3) is 0 Å². The lowest BCUT2D eigenvalue weighted by Gasteiger charge is -2.40. The molecule has 0 radical (unpaired) electrons. The molecular formula is C10H23ClSi. The normalized spacial score (nSPS) is 18.0. The van der Waals surface area contributed by atoms with Gasteiger partial charge in [-0.25, -0.2) is 0 Å². The smallest absolute Gasteiger partial charge is 0.164 e. The molecule has 0 nitrogen and oxygen atoms in total. The Morgan fingerprint density at radius 1 is 1.25 bits per heavy atom. The van der Waals surface area contributed by atoms with E-state index in [0.29, 0.717) is 10.6 Å². The second kappa shape index (κ2) is 4.14. The predicted octanol–water partition coefficient (Wildman–Crippen LogP) is 4.79. The molecule has 0 saturated carbocycles. The number of halogens is 1. The average molecular weight is 207 g/mol. The van der Waals surface area contributed by atoms with Gasteiger partial charge in [0, 0.05) is 0 Å². The van der Waals surface area contributed by atoms with Crippen LogP contribution in [0.5, 0.6) is 0 Å². The Balaban J connectivity index is 4.62. The molecule has 1 atom stereocenters. The van der Waals surface area contributed by atoms with E-state index in [-0.39, 0.29) is 0 Å². The summed E-state index contributed by atoms with van der Waals surface area (Å²) >= 11 is 6.79. The van der Waals surface area contributed by atoms with Crippen molar-refractivity contribution in [1.82, 2.24) is 0 Å². The Bertz CT molecular complexity index is 137. The highest BCUT2D eigenvalue weighted by atomic mass is 35.6. The van der Waals surface area contributed by atoms with Crippen LogP contribution in [0.4, 0.5) is 0 Å². The molecule has 0 bridgehead atoms. The summed E-state index contributed by atoms with van der Waals surface area (Å²) in [6.45, 7) is 13.7. The lowest BCUT2D eigenvalue weighted by Crippen LogP contribution is -2.40. The lowest BCUT2D eigenvalue weighted by molar-refractivity contribution is 0.694. The molecule has 0 heterocycles. The highest BCUT2D eigenvalue weighted by Crippen LogP contribution is 2.49. The maximum atomic E-state index is 6.79. The molecule has 0 saturated heterocycles. The van der Waals surface area contributed by atoms with Crippen LogP contribution in [0, 0.1) is 0 Å². The topological polar surface area (TPSA) is 0 Å². The van der Waals surface area contributed by atoms with E-state index < -0.39 is 7.38 Å². The lowest BCUT2D eigenvalue weighted by atomic mass is 10.2. The van der Waals surface area contributed by atoms with E-state index in [1.54, 1.807) is 0 Å². The fraction of sp³-hybridized carbons (Fsp3) is 1.00. The first-order chi connectivity index (χ1) is 5.25. The Hall–Kier alpha value is 0.507. The molecule has 0 aromatic carbocycles. The van der Waals surface area contributed by atoms with Crippen molar-refractivity contribution in [2.24, 2.45) is 0 Å². The first-order valence-corrected chi connectivity index (χ1v) is 8.24. The fourth-order valence-corrected chi connectivity index (χ4v) is 6.25. The molecule has 0 spiro atoms. The van der Waals surface area contributed by atoms with Crippen molar-refractivity contribution in [3.8, 4) is 0 Å². The summed E-state index contributed by atoms with van der Waals surface area (Å²) in [5.41, 5.74) is 0.680. The maximum Gasteiger partial charge on any atom is 0.164 e. The Labute approximate surface area is 83.4 Å². The molecule has 0 aliphatic rings. The van der Waals surface area contributed by atoms with Crippen LogP contribution in [0.3, 0.4) is 0 Å². The molecule has 0 rings (SSSR count). The maximum absolute atomic E-state index is 6.79. The van der Waals surface area contributed by atoms with Crippen molar-refractivity contribution < 1.29 is 0 Å². The summed E-state index contributed by atoms with van der Waals surface area (Å²) < 4.78 is 0. The summed E-state index contributed by atoms with van der Waals surface area (Å²) in [6.07, 6.45) is 1.23. The molecule has 74 valence electrons. The SMILES string of the molecule is CCC[Si](Cl)(C(C)C)C(C)(C)C. The summed E-state index contributed by atoms with van der Waals surface area (Å²) in [5, 5.41) is 0.332. The third kappa shape index (κ3) is 2.50. The summed E-state index contributed by atoms with van der Waals surface area (Å²) in [5.74, 6) is 0. The first-order valence-electron chi connectivity index (χ1n) is 4.94. The molecule has 0 aliphatic heterocycles. The van der Waals surface area contributed by atoms with Gasteiger partial charge in [0.15, 0.2) is 7.38 Å². The van der Waals surface area contributed by atoms with E-state index in [2.05, 4.69) is 41.5 Å². The van der Waals surface area contributed by atoms with Crippen molar-refractivity contribution in [1.29, 1.82) is 0 Å². The minimum absolute atomic E-state index is 0.332. The van der Waals surface area contributed by atoms with E-state index in [4.69, 9.17) is 11.1 Å². The van der Waals surface area contributed by atoms with E-state index in [9.17, 15) is 0 Å². The highest BCUT2D eigenvalue weighted by molar-refractivity contribution is 7.22. The minimum atomic E-state index is -1.56. The average Bonchev–Trinajstić information content (AvgIpc) is 1.85. The van der Waals surface area contributed by atoms with Gasteiger partial charge in [-0.2, -0.15) is 11.1 Å². The third-order valence-electron chi connectivity index (χ3n) is 2.78. The Morgan fingerprint density at radius 2 is 1.67 bits per heavy atom. The molecule has 0 aliphatic carbocycles. The van der Waals surface area contributed by atoms with Gasteiger partial charge < -0.3 is 0 Å². The Kier molecular flexibility index (Phi) is 4.32. The number of rotatable bonds is 3. The van der Waals surface area contributed by atoms with E-state index in [1.165, 1.54) is 12.5 Å². The van der Waals surface area contributed by atoms with Crippen LogP contribution in [0.25, 0.3) is 0 Å². The molecule has 0 amide bonds. The van der Waals surface area contributed by atoms with Gasteiger partial charge in [-0.05, 0) is 16.6 Å². The van der Waals surface area contributed by atoms with Crippen molar-refractivity contribution in [3.05, 3.63) is 0 Å². The zero-order valence-corrected chi connectivity index (χ0v) is 11.1. The quantitative estimate of drug-likeness (QED) is 0.460. The Morgan fingerprint density at radius 3 is 1.75 bits per heavy atom. The predicted molar refractivity (Wildman–Crippen MR) is 61.5 cm³/mol. The molecule has 0 fully saturated rings. The van der Waals surface area contributed by atoms with Crippen LogP contribution in [0.15, 0.2) is 0 Å². The number of hydrogen-bond acceptors (Lipinski definition) is 0. The summed E-state index contributed by atoms with van der Waals surface area (Å²) in [6, 6.07) is 1.25. The first kappa shape index (κ1) is 12.5. The van der Waals surface area contributed by atoms with Crippen LogP contribution >= 0.6 is 11.1 Å². The molecule has 0 aromatic rings. The van der Waals surface area contributed by atoms with Crippen molar-refractivity contribution >= 4 is 18.5 Å². The van der Waals surface area contributed by atoms with Gasteiger partial charge in [0.05, 0.1) is 0 Å². The second-order valence-electron chi connectivity index (χ2n) is 5.02. The van der Waals surface area contributed by atoms with Crippen molar-refractivity contribution in [2.45, 2.75) is 64.6 Å². The fourth-order valence-electron chi connectivity index (χ4n) is 1.89. The third-order valence-corrected chi connectivity index (χ3v) is 11.9. The van der Waals surface area contributed by atoms with Gasteiger partial charge >= 0.3 is 0 Å². The zero-order valence-electron chi connectivity index (χ0n) is 9.37.